The highest BCUT2D eigenvalue weighted by molar-refractivity contribution is 8.00. The number of halogens is 3. The third-order valence-electron chi connectivity index (χ3n) is 3.24. The first-order valence-electron chi connectivity index (χ1n) is 7.69. The molecular formula is C17H15F3N4OS. The van der Waals surface area contributed by atoms with Crippen molar-refractivity contribution < 1.29 is 18.0 Å². The Bertz CT molecular complexity index is 816. The SMILES string of the molecule is CCCc1ccc(C#N)c(SCC(=O)Nc2ccc(C(F)(F)F)cn2)n1. The minimum absolute atomic E-state index is 0.0248. The molecule has 2 aromatic heterocycles. The van der Waals surface area contributed by atoms with Gasteiger partial charge in [-0.15, -0.1) is 0 Å². The summed E-state index contributed by atoms with van der Waals surface area (Å²) in [6.45, 7) is 2.01. The fraction of sp³-hybridized carbons (Fsp3) is 0.294. The second-order valence-corrected chi connectivity index (χ2v) is 6.25. The summed E-state index contributed by atoms with van der Waals surface area (Å²) < 4.78 is 37.5. The van der Waals surface area contributed by atoms with Crippen LogP contribution < -0.4 is 5.32 Å². The molecule has 0 bridgehead atoms. The monoisotopic (exact) mass is 380 g/mol. The van der Waals surface area contributed by atoms with E-state index in [-0.39, 0.29) is 11.6 Å². The van der Waals surface area contributed by atoms with Crippen molar-refractivity contribution in [1.29, 1.82) is 5.26 Å². The zero-order valence-electron chi connectivity index (χ0n) is 13.8. The van der Waals surface area contributed by atoms with Crippen molar-refractivity contribution in [2.24, 2.45) is 0 Å². The van der Waals surface area contributed by atoms with Crippen LogP contribution in [0.3, 0.4) is 0 Å². The molecule has 136 valence electrons. The molecule has 9 heteroatoms. The summed E-state index contributed by atoms with van der Waals surface area (Å²) in [5, 5.41) is 12.0. The lowest BCUT2D eigenvalue weighted by atomic mass is 10.2. The number of pyridine rings is 2. The number of aryl methyl sites for hydroxylation is 1. The molecule has 0 aliphatic rings. The van der Waals surface area contributed by atoms with Gasteiger partial charge in [-0.3, -0.25) is 4.79 Å². The van der Waals surface area contributed by atoms with Gasteiger partial charge in [-0.25, -0.2) is 9.97 Å². The second-order valence-electron chi connectivity index (χ2n) is 5.28. The van der Waals surface area contributed by atoms with Gasteiger partial charge >= 0.3 is 6.18 Å². The third kappa shape index (κ3) is 5.46. The van der Waals surface area contributed by atoms with E-state index >= 15 is 0 Å². The van der Waals surface area contributed by atoms with E-state index in [0.717, 1.165) is 42.4 Å². The normalized spacial score (nSPS) is 11.0. The minimum Gasteiger partial charge on any atom is -0.310 e. The van der Waals surface area contributed by atoms with Crippen LogP contribution in [-0.4, -0.2) is 21.6 Å². The molecule has 1 N–H and O–H groups in total. The summed E-state index contributed by atoms with van der Waals surface area (Å²) >= 11 is 1.09. The number of alkyl halides is 3. The Labute approximate surface area is 152 Å². The van der Waals surface area contributed by atoms with Gasteiger partial charge in [0, 0.05) is 11.9 Å². The molecule has 0 saturated carbocycles. The lowest BCUT2D eigenvalue weighted by molar-refractivity contribution is -0.137. The van der Waals surface area contributed by atoms with Crippen LogP contribution in [0.1, 0.15) is 30.2 Å². The van der Waals surface area contributed by atoms with Gasteiger partial charge in [0.1, 0.15) is 16.9 Å². The Hall–Kier alpha value is -2.60. The molecule has 0 saturated heterocycles. The van der Waals surface area contributed by atoms with Crippen molar-refractivity contribution in [1.82, 2.24) is 9.97 Å². The summed E-state index contributed by atoms with van der Waals surface area (Å²) in [4.78, 5) is 19.9. The molecule has 0 unspecified atom stereocenters. The highest BCUT2D eigenvalue weighted by atomic mass is 32.2. The van der Waals surface area contributed by atoms with E-state index in [9.17, 15) is 18.0 Å². The number of nitrogens with zero attached hydrogens (tertiary/aromatic N) is 3. The van der Waals surface area contributed by atoms with E-state index in [2.05, 4.69) is 15.3 Å². The summed E-state index contributed by atoms with van der Waals surface area (Å²) in [7, 11) is 0. The van der Waals surface area contributed by atoms with E-state index in [1.807, 2.05) is 13.0 Å². The number of hydrogen-bond donors (Lipinski definition) is 1. The van der Waals surface area contributed by atoms with Crippen molar-refractivity contribution in [3.8, 4) is 6.07 Å². The van der Waals surface area contributed by atoms with Crippen molar-refractivity contribution in [3.05, 3.63) is 47.3 Å². The number of nitriles is 1. The van der Waals surface area contributed by atoms with Gasteiger partial charge in [-0.05, 0) is 30.7 Å². The number of anilines is 1. The van der Waals surface area contributed by atoms with E-state index in [1.165, 1.54) is 0 Å². The summed E-state index contributed by atoms with van der Waals surface area (Å²) in [6, 6.07) is 7.40. The molecule has 0 aliphatic carbocycles. The fourth-order valence-corrected chi connectivity index (χ4v) is 2.81. The van der Waals surface area contributed by atoms with Crippen LogP contribution in [0, 0.1) is 11.3 Å². The van der Waals surface area contributed by atoms with Crippen molar-refractivity contribution in [2.75, 3.05) is 11.1 Å². The maximum atomic E-state index is 12.5. The Balaban J connectivity index is 1.98. The first-order chi connectivity index (χ1) is 12.3. The van der Waals surface area contributed by atoms with Crippen LogP contribution in [0.25, 0.3) is 0 Å². The van der Waals surface area contributed by atoms with Gasteiger partial charge < -0.3 is 5.32 Å². The van der Waals surface area contributed by atoms with E-state index in [4.69, 9.17) is 5.26 Å². The Kier molecular flexibility index (Phi) is 6.58. The molecule has 26 heavy (non-hydrogen) atoms. The molecule has 0 aromatic carbocycles. The lowest BCUT2D eigenvalue weighted by Crippen LogP contribution is -2.16. The molecule has 0 spiro atoms. The number of amides is 1. The molecular weight excluding hydrogens is 365 g/mol. The maximum absolute atomic E-state index is 12.5. The van der Waals surface area contributed by atoms with E-state index < -0.39 is 17.6 Å². The van der Waals surface area contributed by atoms with Gasteiger partial charge in [-0.2, -0.15) is 18.4 Å². The van der Waals surface area contributed by atoms with Crippen molar-refractivity contribution in [2.45, 2.75) is 31.0 Å². The Morgan fingerprint density at radius 1 is 1.31 bits per heavy atom. The van der Waals surface area contributed by atoms with E-state index in [0.29, 0.717) is 16.8 Å². The van der Waals surface area contributed by atoms with Crippen LogP contribution in [-0.2, 0) is 17.4 Å². The third-order valence-corrected chi connectivity index (χ3v) is 4.23. The van der Waals surface area contributed by atoms with Crippen molar-refractivity contribution in [3.63, 3.8) is 0 Å². The van der Waals surface area contributed by atoms with E-state index in [1.54, 1.807) is 12.1 Å². The molecule has 0 fully saturated rings. The number of carbonyl (C=O) groups excluding carboxylic acids is 1. The summed E-state index contributed by atoms with van der Waals surface area (Å²) in [5.41, 5.74) is 0.314. The number of rotatable bonds is 6. The fourth-order valence-electron chi connectivity index (χ4n) is 2.02. The predicted octanol–water partition coefficient (Wildman–Crippen LogP) is 4.05. The number of carbonyl (C=O) groups is 1. The number of aromatic nitrogens is 2. The van der Waals surface area contributed by atoms with Crippen LogP contribution in [0.5, 0.6) is 0 Å². The Morgan fingerprint density at radius 3 is 2.65 bits per heavy atom. The summed E-state index contributed by atoms with van der Waals surface area (Å²) in [6.07, 6.45) is -2.15. The molecule has 1 amide bonds. The molecule has 5 nitrogen and oxygen atoms in total. The van der Waals surface area contributed by atoms with Crippen molar-refractivity contribution >= 4 is 23.5 Å². The van der Waals surface area contributed by atoms with Crippen LogP contribution in [0.4, 0.5) is 19.0 Å². The largest absolute Gasteiger partial charge is 0.417 e. The lowest BCUT2D eigenvalue weighted by Gasteiger charge is -2.08. The van der Waals surface area contributed by atoms with Gasteiger partial charge in [0.15, 0.2) is 0 Å². The average molecular weight is 380 g/mol. The smallest absolute Gasteiger partial charge is 0.310 e. The zero-order valence-corrected chi connectivity index (χ0v) is 14.6. The summed E-state index contributed by atoms with van der Waals surface area (Å²) in [5.74, 6) is -0.467. The molecule has 2 rings (SSSR count). The van der Waals surface area contributed by atoms with Gasteiger partial charge in [0.2, 0.25) is 5.91 Å². The first-order valence-corrected chi connectivity index (χ1v) is 8.68. The average Bonchev–Trinajstić information content (AvgIpc) is 2.60. The van der Waals surface area contributed by atoms with Gasteiger partial charge in [0.05, 0.1) is 16.9 Å². The van der Waals surface area contributed by atoms with Gasteiger partial charge in [0.25, 0.3) is 0 Å². The number of thioether (sulfide) groups is 1. The minimum atomic E-state index is -4.48. The van der Waals surface area contributed by atoms with Crippen LogP contribution >= 0.6 is 11.8 Å². The molecule has 0 aliphatic heterocycles. The zero-order chi connectivity index (χ0) is 19.2. The van der Waals surface area contributed by atoms with Gasteiger partial charge in [-0.1, -0.05) is 25.1 Å². The van der Waals surface area contributed by atoms with Crippen LogP contribution in [0.15, 0.2) is 35.5 Å². The first kappa shape index (κ1) is 19.7. The highest BCUT2D eigenvalue weighted by Crippen LogP contribution is 2.29. The molecule has 0 atom stereocenters. The molecule has 0 radical (unpaired) electrons. The highest BCUT2D eigenvalue weighted by Gasteiger charge is 2.30. The quantitative estimate of drug-likeness (QED) is 0.765. The maximum Gasteiger partial charge on any atom is 0.417 e. The van der Waals surface area contributed by atoms with Crippen LogP contribution in [0.2, 0.25) is 0 Å². The molecule has 2 aromatic rings. The molecule has 2 heterocycles. The second kappa shape index (κ2) is 8.67. The standard InChI is InChI=1S/C17H15F3N4OS/c1-2-3-13-6-4-11(8-21)16(23-13)26-10-15(25)24-14-7-5-12(9-22-14)17(18,19)20/h4-7,9H,2-3,10H2,1H3,(H,22,24,25). The number of nitrogens with one attached hydrogen (secondary N) is 1. The Morgan fingerprint density at radius 2 is 2.08 bits per heavy atom. The predicted molar refractivity (Wildman–Crippen MR) is 91.5 cm³/mol. The number of hydrogen-bond acceptors (Lipinski definition) is 5. The topological polar surface area (TPSA) is 78.7 Å².